The van der Waals surface area contributed by atoms with Crippen LogP contribution in [-0.2, 0) is 13.5 Å². The monoisotopic (exact) mass is 257 g/mol. The second-order valence-corrected chi connectivity index (χ2v) is 4.84. The molecule has 0 aliphatic heterocycles. The van der Waals surface area contributed by atoms with E-state index in [0.717, 1.165) is 17.7 Å². The highest BCUT2D eigenvalue weighted by atomic mass is 16.1. The van der Waals surface area contributed by atoms with Gasteiger partial charge in [0.1, 0.15) is 0 Å². The SMILES string of the molecule is Cc1ccc(C(=O)NCCc2cn(C)cn2)cc1C. The standard InChI is InChI=1S/C15H19N3O/c1-11-4-5-13(8-12(11)2)15(19)16-7-6-14-9-18(3)10-17-14/h4-5,8-10H,6-7H2,1-3H3,(H,16,19). The van der Waals surface area contributed by atoms with Gasteiger partial charge in [0.05, 0.1) is 12.0 Å². The summed E-state index contributed by atoms with van der Waals surface area (Å²) in [4.78, 5) is 16.2. The van der Waals surface area contributed by atoms with Crippen LogP contribution in [0.2, 0.25) is 0 Å². The minimum absolute atomic E-state index is 0.0287. The molecule has 100 valence electrons. The summed E-state index contributed by atoms with van der Waals surface area (Å²) in [6.07, 6.45) is 4.47. The maximum atomic E-state index is 12.0. The molecule has 1 N–H and O–H groups in total. The number of nitrogens with one attached hydrogen (secondary N) is 1. The molecule has 0 unspecified atom stereocenters. The molecular formula is C15H19N3O. The highest BCUT2D eigenvalue weighted by Gasteiger charge is 2.06. The Morgan fingerprint density at radius 2 is 2.11 bits per heavy atom. The molecule has 0 saturated heterocycles. The van der Waals surface area contributed by atoms with Crippen molar-refractivity contribution in [3.63, 3.8) is 0 Å². The van der Waals surface area contributed by atoms with Gasteiger partial charge in [0.25, 0.3) is 5.91 Å². The van der Waals surface area contributed by atoms with Crippen LogP contribution in [0.25, 0.3) is 0 Å². The van der Waals surface area contributed by atoms with Crippen LogP contribution >= 0.6 is 0 Å². The van der Waals surface area contributed by atoms with E-state index in [-0.39, 0.29) is 5.91 Å². The van der Waals surface area contributed by atoms with E-state index >= 15 is 0 Å². The van der Waals surface area contributed by atoms with Crippen molar-refractivity contribution in [3.8, 4) is 0 Å². The lowest BCUT2D eigenvalue weighted by molar-refractivity contribution is 0.0954. The zero-order chi connectivity index (χ0) is 13.8. The van der Waals surface area contributed by atoms with Crippen LogP contribution in [0.4, 0.5) is 0 Å². The first-order valence-electron chi connectivity index (χ1n) is 6.38. The van der Waals surface area contributed by atoms with Crippen LogP contribution in [0.3, 0.4) is 0 Å². The Hall–Kier alpha value is -2.10. The Morgan fingerprint density at radius 3 is 2.74 bits per heavy atom. The number of aromatic nitrogens is 2. The second kappa shape index (κ2) is 5.69. The van der Waals surface area contributed by atoms with Crippen molar-refractivity contribution >= 4 is 5.91 Å². The van der Waals surface area contributed by atoms with E-state index in [9.17, 15) is 4.79 Å². The Morgan fingerprint density at radius 1 is 1.32 bits per heavy atom. The first-order chi connectivity index (χ1) is 9.06. The Bertz CT molecular complexity index is 587. The summed E-state index contributed by atoms with van der Waals surface area (Å²) in [5, 5.41) is 2.92. The molecule has 19 heavy (non-hydrogen) atoms. The third-order valence-corrected chi connectivity index (χ3v) is 3.19. The van der Waals surface area contributed by atoms with Crippen LogP contribution in [-0.4, -0.2) is 22.0 Å². The molecule has 0 aliphatic carbocycles. The van der Waals surface area contributed by atoms with E-state index < -0.39 is 0 Å². The lowest BCUT2D eigenvalue weighted by Crippen LogP contribution is -2.25. The highest BCUT2D eigenvalue weighted by Crippen LogP contribution is 2.09. The summed E-state index contributed by atoms with van der Waals surface area (Å²) in [6.45, 7) is 4.65. The second-order valence-electron chi connectivity index (χ2n) is 4.84. The number of benzene rings is 1. The number of aryl methyl sites for hydroxylation is 3. The quantitative estimate of drug-likeness (QED) is 0.910. The third-order valence-electron chi connectivity index (χ3n) is 3.19. The largest absolute Gasteiger partial charge is 0.352 e. The third kappa shape index (κ3) is 3.44. The van der Waals surface area contributed by atoms with Gasteiger partial charge in [-0.2, -0.15) is 0 Å². The molecule has 1 heterocycles. The van der Waals surface area contributed by atoms with Crippen LogP contribution in [0.5, 0.6) is 0 Å². The molecule has 1 aromatic carbocycles. The molecule has 0 atom stereocenters. The summed E-state index contributed by atoms with van der Waals surface area (Å²) in [5.41, 5.74) is 4.04. The van der Waals surface area contributed by atoms with Gasteiger partial charge in [0.2, 0.25) is 0 Å². The van der Waals surface area contributed by atoms with Crippen LogP contribution in [0, 0.1) is 13.8 Å². The Balaban J connectivity index is 1.89. The molecule has 0 fully saturated rings. The van der Waals surface area contributed by atoms with Gasteiger partial charge < -0.3 is 9.88 Å². The minimum Gasteiger partial charge on any atom is -0.352 e. The van der Waals surface area contributed by atoms with Gasteiger partial charge in [-0.3, -0.25) is 4.79 Å². The van der Waals surface area contributed by atoms with Gasteiger partial charge >= 0.3 is 0 Å². The molecule has 0 aliphatic rings. The lowest BCUT2D eigenvalue weighted by atomic mass is 10.1. The van der Waals surface area contributed by atoms with Crippen LogP contribution in [0.15, 0.2) is 30.7 Å². The number of carbonyl (C=O) groups is 1. The number of imidazole rings is 1. The van der Waals surface area contributed by atoms with Crippen molar-refractivity contribution in [2.45, 2.75) is 20.3 Å². The first kappa shape index (κ1) is 13.3. The molecule has 4 heteroatoms. The van der Waals surface area contributed by atoms with Gasteiger partial charge in [0.15, 0.2) is 0 Å². The summed E-state index contributed by atoms with van der Waals surface area (Å²) >= 11 is 0. The number of hydrogen-bond acceptors (Lipinski definition) is 2. The maximum Gasteiger partial charge on any atom is 0.251 e. The maximum absolute atomic E-state index is 12.0. The molecule has 2 rings (SSSR count). The van der Waals surface area contributed by atoms with E-state index in [1.807, 2.05) is 49.9 Å². The van der Waals surface area contributed by atoms with Crippen molar-refractivity contribution in [1.29, 1.82) is 0 Å². The van der Waals surface area contributed by atoms with E-state index in [0.29, 0.717) is 12.1 Å². The predicted octanol–water partition coefficient (Wildman–Crippen LogP) is 2.01. The summed E-state index contributed by atoms with van der Waals surface area (Å²) in [7, 11) is 1.93. The number of nitrogens with zero attached hydrogens (tertiary/aromatic N) is 2. The van der Waals surface area contributed by atoms with Crippen molar-refractivity contribution < 1.29 is 4.79 Å². The number of carbonyl (C=O) groups excluding carboxylic acids is 1. The van der Waals surface area contributed by atoms with Crippen molar-refractivity contribution in [2.24, 2.45) is 7.05 Å². The minimum atomic E-state index is -0.0287. The number of amides is 1. The fourth-order valence-electron chi connectivity index (χ4n) is 1.88. The zero-order valence-corrected chi connectivity index (χ0v) is 11.6. The fourth-order valence-corrected chi connectivity index (χ4v) is 1.88. The summed E-state index contributed by atoms with van der Waals surface area (Å²) in [6, 6.07) is 5.76. The molecule has 2 aromatic rings. The molecule has 4 nitrogen and oxygen atoms in total. The van der Waals surface area contributed by atoms with Gasteiger partial charge in [-0.25, -0.2) is 4.98 Å². The molecule has 0 saturated carbocycles. The lowest BCUT2D eigenvalue weighted by Gasteiger charge is -2.06. The summed E-state index contributed by atoms with van der Waals surface area (Å²) < 4.78 is 1.90. The van der Waals surface area contributed by atoms with Crippen molar-refractivity contribution in [3.05, 3.63) is 53.1 Å². The van der Waals surface area contributed by atoms with Crippen molar-refractivity contribution in [2.75, 3.05) is 6.54 Å². The molecular weight excluding hydrogens is 238 g/mol. The summed E-state index contributed by atoms with van der Waals surface area (Å²) in [5.74, 6) is -0.0287. The molecule has 0 spiro atoms. The van der Waals surface area contributed by atoms with E-state index in [2.05, 4.69) is 10.3 Å². The van der Waals surface area contributed by atoms with Crippen LogP contribution in [0.1, 0.15) is 27.2 Å². The zero-order valence-electron chi connectivity index (χ0n) is 11.6. The smallest absolute Gasteiger partial charge is 0.251 e. The van der Waals surface area contributed by atoms with Gasteiger partial charge in [-0.15, -0.1) is 0 Å². The molecule has 0 bridgehead atoms. The highest BCUT2D eigenvalue weighted by molar-refractivity contribution is 5.94. The normalized spacial score (nSPS) is 10.5. The van der Waals surface area contributed by atoms with Crippen molar-refractivity contribution in [1.82, 2.24) is 14.9 Å². The van der Waals surface area contributed by atoms with E-state index in [1.54, 1.807) is 6.33 Å². The average molecular weight is 257 g/mol. The number of rotatable bonds is 4. The van der Waals surface area contributed by atoms with Gasteiger partial charge in [0, 0.05) is 31.8 Å². The predicted molar refractivity (Wildman–Crippen MR) is 75.2 cm³/mol. The van der Waals surface area contributed by atoms with E-state index in [4.69, 9.17) is 0 Å². The fraction of sp³-hybridized carbons (Fsp3) is 0.333. The average Bonchev–Trinajstić information content (AvgIpc) is 2.78. The topological polar surface area (TPSA) is 46.9 Å². The molecule has 1 amide bonds. The Labute approximate surface area is 113 Å². The van der Waals surface area contributed by atoms with Crippen LogP contribution < -0.4 is 5.32 Å². The number of hydrogen-bond donors (Lipinski definition) is 1. The molecule has 0 radical (unpaired) electrons. The van der Waals surface area contributed by atoms with E-state index in [1.165, 1.54) is 5.56 Å². The first-order valence-corrected chi connectivity index (χ1v) is 6.38. The van der Waals surface area contributed by atoms with Gasteiger partial charge in [-0.05, 0) is 37.1 Å². The Kier molecular flexibility index (Phi) is 4.00. The van der Waals surface area contributed by atoms with Gasteiger partial charge in [-0.1, -0.05) is 6.07 Å². The molecule has 1 aromatic heterocycles.